The summed E-state index contributed by atoms with van der Waals surface area (Å²) in [6, 6.07) is 11.9. The van der Waals surface area contributed by atoms with Crippen molar-refractivity contribution in [1.29, 1.82) is 0 Å². The zero-order valence-corrected chi connectivity index (χ0v) is 16.7. The maximum absolute atomic E-state index is 13.4. The summed E-state index contributed by atoms with van der Waals surface area (Å²) in [6.45, 7) is 4.89. The Morgan fingerprint density at radius 1 is 1.21 bits per heavy atom. The Kier molecular flexibility index (Phi) is 6.71. The van der Waals surface area contributed by atoms with Gasteiger partial charge in [-0.1, -0.05) is 44.9 Å². The lowest BCUT2D eigenvalue weighted by atomic mass is 9.86. The molecule has 2 aromatic carbocycles. The number of halogens is 1. The van der Waals surface area contributed by atoms with Crippen molar-refractivity contribution in [3.05, 3.63) is 53.8 Å². The van der Waals surface area contributed by atoms with E-state index in [0.717, 1.165) is 35.3 Å². The van der Waals surface area contributed by atoms with Crippen LogP contribution in [0.2, 0.25) is 0 Å². The number of hydrogen-bond donors (Lipinski definition) is 1. The first-order chi connectivity index (χ1) is 13.5. The van der Waals surface area contributed by atoms with E-state index in [1.54, 1.807) is 12.1 Å². The van der Waals surface area contributed by atoms with E-state index in [0.29, 0.717) is 24.9 Å². The third-order valence-corrected chi connectivity index (χ3v) is 5.45. The van der Waals surface area contributed by atoms with Gasteiger partial charge in [-0.15, -0.1) is 0 Å². The summed E-state index contributed by atoms with van der Waals surface area (Å²) in [7, 11) is 0. The highest BCUT2D eigenvalue weighted by atomic mass is 19.1. The van der Waals surface area contributed by atoms with Crippen molar-refractivity contribution in [2.24, 2.45) is 11.8 Å². The standard InChI is InChI=1S/C24H29FO3/c1-3-4-16(2)13-22(24(26)27)19-9-12-23(28-15-17-5-6-17)21(14-19)18-7-10-20(25)11-8-18/h7-12,14,16-17,22H,3-6,13,15H2,1-2H3,(H,26,27). The fourth-order valence-electron chi connectivity index (χ4n) is 3.63. The third kappa shape index (κ3) is 5.34. The average molecular weight is 384 g/mol. The van der Waals surface area contributed by atoms with Crippen LogP contribution in [-0.4, -0.2) is 17.7 Å². The van der Waals surface area contributed by atoms with E-state index in [1.165, 1.54) is 25.0 Å². The first-order valence-corrected chi connectivity index (χ1v) is 10.2. The Balaban J connectivity index is 1.93. The molecule has 2 aromatic rings. The normalized spacial score (nSPS) is 15.8. The van der Waals surface area contributed by atoms with Crippen LogP contribution in [0.3, 0.4) is 0 Å². The van der Waals surface area contributed by atoms with Crippen LogP contribution in [-0.2, 0) is 4.79 Å². The molecule has 0 aromatic heterocycles. The summed E-state index contributed by atoms with van der Waals surface area (Å²) < 4.78 is 19.4. The minimum absolute atomic E-state index is 0.294. The van der Waals surface area contributed by atoms with Crippen molar-refractivity contribution in [3.8, 4) is 16.9 Å². The second-order valence-corrected chi connectivity index (χ2v) is 8.04. The number of rotatable bonds is 10. The summed E-state index contributed by atoms with van der Waals surface area (Å²) in [5.74, 6) is 0.0246. The maximum Gasteiger partial charge on any atom is 0.310 e. The van der Waals surface area contributed by atoms with Crippen molar-refractivity contribution < 1.29 is 19.0 Å². The molecule has 3 rings (SSSR count). The molecule has 150 valence electrons. The summed E-state index contributed by atoms with van der Waals surface area (Å²) in [5, 5.41) is 9.81. The number of carbonyl (C=O) groups is 1. The van der Waals surface area contributed by atoms with Crippen molar-refractivity contribution in [3.63, 3.8) is 0 Å². The molecule has 1 aliphatic rings. The molecule has 0 bridgehead atoms. The van der Waals surface area contributed by atoms with Gasteiger partial charge in [0.25, 0.3) is 0 Å². The predicted molar refractivity (Wildman–Crippen MR) is 109 cm³/mol. The molecule has 2 atom stereocenters. The highest BCUT2D eigenvalue weighted by Crippen LogP contribution is 2.37. The van der Waals surface area contributed by atoms with Gasteiger partial charge >= 0.3 is 5.97 Å². The fraction of sp³-hybridized carbons (Fsp3) is 0.458. The van der Waals surface area contributed by atoms with E-state index >= 15 is 0 Å². The predicted octanol–water partition coefficient (Wildman–Crippen LogP) is 6.28. The van der Waals surface area contributed by atoms with Gasteiger partial charge in [0.15, 0.2) is 0 Å². The van der Waals surface area contributed by atoms with Gasteiger partial charge in [-0.05, 0) is 66.5 Å². The first kappa shape index (κ1) is 20.4. The smallest absolute Gasteiger partial charge is 0.310 e. The van der Waals surface area contributed by atoms with Crippen LogP contribution in [0.4, 0.5) is 4.39 Å². The van der Waals surface area contributed by atoms with Crippen molar-refractivity contribution in [1.82, 2.24) is 0 Å². The Morgan fingerprint density at radius 2 is 1.93 bits per heavy atom. The molecule has 3 nitrogen and oxygen atoms in total. The van der Waals surface area contributed by atoms with E-state index < -0.39 is 11.9 Å². The SMILES string of the molecule is CCCC(C)CC(C(=O)O)c1ccc(OCC2CC2)c(-c2ccc(F)cc2)c1. The van der Waals surface area contributed by atoms with E-state index in [2.05, 4.69) is 13.8 Å². The summed E-state index contributed by atoms with van der Waals surface area (Å²) in [4.78, 5) is 12.0. The minimum Gasteiger partial charge on any atom is -0.493 e. The molecule has 0 saturated heterocycles. The molecule has 1 aliphatic carbocycles. The molecule has 1 N–H and O–H groups in total. The van der Waals surface area contributed by atoms with Crippen LogP contribution in [0.25, 0.3) is 11.1 Å². The van der Waals surface area contributed by atoms with Gasteiger partial charge in [0, 0.05) is 5.56 Å². The highest BCUT2D eigenvalue weighted by Gasteiger charge is 2.25. The number of ether oxygens (including phenoxy) is 1. The molecule has 0 aliphatic heterocycles. The van der Waals surface area contributed by atoms with Crippen molar-refractivity contribution >= 4 is 5.97 Å². The monoisotopic (exact) mass is 384 g/mol. The van der Waals surface area contributed by atoms with E-state index in [1.807, 2.05) is 18.2 Å². The number of carboxylic acid groups (broad SMARTS) is 1. The minimum atomic E-state index is -0.806. The van der Waals surface area contributed by atoms with Crippen LogP contribution in [0.5, 0.6) is 5.75 Å². The Morgan fingerprint density at radius 3 is 2.54 bits per heavy atom. The van der Waals surface area contributed by atoms with Crippen LogP contribution < -0.4 is 4.74 Å². The molecule has 28 heavy (non-hydrogen) atoms. The maximum atomic E-state index is 13.4. The van der Waals surface area contributed by atoms with E-state index in [-0.39, 0.29) is 5.82 Å². The molecule has 4 heteroatoms. The molecule has 0 heterocycles. The topological polar surface area (TPSA) is 46.5 Å². The largest absolute Gasteiger partial charge is 0.493 e. The number of aliphatic carboxylic acids is 1. The molecule has 1 fully saturated rings. The van der Waals surface area contributed by atoms with Crippen LogP contribution >= 0.6 is 0 Å². The zero-order valence-electron chi connectivity index (χ0n) is 16.7. The lowest BCUT2D eigenvalue weighted by molar-refractivity contribution is -0.139. The summed E-state index contributed by atoms with van der Waals surface area (Å²) >= 11 is 0. The summed E-state index contributed by atoms with van der Waals surface area (Å²) in [6.07, 6.45) is 5.05. The van der Waals surface area contributed by atoms with Crippen molar-refractivity contribution in [2.75, 3.05) is 6.61 Å². The average Bonchev–Trinajstić information content (AvgIpc) is 3.50. The molecule has 0 radical (unpaired) electrons. The lowest BCUT2D eigenvalue weighted by Crippen LogP contribution is -2.15. The molecular weight excluding hydrogens is 355 g/mol. The Bertz CT molecular complexity index is 796. The van der Waals surface area contributed by atoms with E-state index in [9.17, 15) is 14.3 Å². The van der Waals surface area contributed by atoms with Gasteiger partial charge < -0.3 is 9.84 Å². The number of hydrogen-bond acceptors (Lipinski definition) is 2. The second kappa shape index (κ2) is 9.22. The van der Waals surface area contributed by atoms with Gasteiger partial charge in [-0.25, -0.2) is 4.39 Å². The van der Waals surface area contributed by atoms with Gasteiger partial charge in [-0.3, -0.25) is 4.79 Å². The van der Waals surface area contributed by atoms with Gasteiger partial charge in [0.2, 0.25) is 0 Å². The lowest BCUT2D eigenvalue weighted by Gasteiger charge is -2.20. The molecule has 0 spiro atoms. The van der Waals surface area contributed by atoms with Crippen LogP contribution in [0, 0.1) is 17.7 Å². The quantitative estimate of drug-likeness (QED) is 0.525. The molecule has 1 saturated carbocycles. The van der Waals surface area contributed by atoms with Crippen molar-refractivity contribution in [2.45, 2.75) is 51.9 Å². The van der Waals surface area contributed by atoms with Crippen LogP contribution in [0.1, 0.15) is 57.4 Å². The number of benzene rings is 2. The van der Waals surface area contributed by atoms with Gasteiger partial charge in [0.1, 0.15) is 11.6 Å². The molecule has 0 amide bonds. The second-order valence-electron chi connectivity index (χ2n) is 8.04. The Labute approximate surface area is 166 Å². The van der Waals surface area contributed by atoms with Gasteiger partial charge in [-0.2, -0.15) is 0 Å². The first-order valence-electron chi connectivity index (χ1n) is 10.2. The zero-order chi connectivity index (χ0) is 20.1. The molecule has 2 unspecified atom stereocenters. The van der Waals surface area contributed by atoms with Gasteiger partial charge in [0.05, 0.1) is 12.5 Å². The number of carboxylic acids is 1. The van der Waals surface area contributed by atoms with Crippen LogP contribution in [0.15, 0.2) is 42.5 Å². The Hall–Kier alpha value is -2.36. The third-order valence-electron chi connectivity index (χ3n) is 5.45. The summed E-state index contributed by atoms with van der Waals surface area (Å²) in [5.41, 5.74) is 2.43. The molecular formula is C24H29FO3. The fourth-order valence-corrected chi connectivity index (χ4v) is 3.63. The van der Waals surface area contributed by atoms with E-state index in [4.69, 9.17) is 4.74 Å². The highest BCUT2D eigenvalue weighted by molar-refractivity contribution is 5.78.